The zero-order valence-electron chi connectivity index (χ0n) is 14.3. The van der Waals surface area contributed by atoms with Gasteiger partial charge in [-0.05, 0) is 45.4 Å². The van der Waals surface area contributed by atoms with Crippen molar-refractivity contribution in [2.24, 2.45) is 0 Å². The molecule has 1 aromatic carbocycles. The summed E-state index contributed by atoms with van der Waals surface area (Å²) in [6.45, 7) is 6.40. The maximum Gasteiger partial charge on any atom is 0.189 e. The Morgan fingerprint density at radius 3 is 1.78 bits per heavy atom. The van der Waals surface area contributed by atoms with Gasteiger partial charge in [-0.2, -0.15) is 0 Å². The van der Waals surface area contributed by atoms with Gasteiger partial charge in [-0.25, -0.2) is 0 Å². The molecule has 2 saturated heterocycles. The molecule has 3 heteroatoms. The van der Waals surface area contributed by atoms with Crippen LogP contribution in [0.4, 0.5) is 0 Å². The number of allylic oxidation sites excluding steroid dienone is 1. The molecule has 0 radical (unpaired) electrons. The van der Waals surface area contributed by atoms with Gasteiger partial charge in [0.2, 0.25) is 0 Å². The minimum absolute atomic E-state index is 0.135. The summed E-state index contributed by atoms with van der Waals surface area (Å²) in [4.78, 5) is 17.6. The molecule has 124 valence electrons. The third-order valence-corrected chi connectivity index (χ3v) is 4.96. The molecule has 2 heterocycles. The molecule has 0 aromatic heterocycles. The summed E-state index contributed by atoms with van der Waals surface area (Å²) in [5.41, 5.74) is 1.99. The highest BCUT2D eigenvalue weighted by Crippen LogP contribution is 2.22. The van der Waals surface area contributed by atoms with E-state index in [0.29, 0.717) is 0 Å². The first kappa shape index (κ1) is 16.1. The molecular formula is C20H28N2O. The van der Waals surface area contributed by atoms with E-state index in [9.17, 15) is 4.79 Å². The first-order valence-electron chi connectivity index (χ1n) is 9.06. The normalized spacial score (nSPS) is 18.7. The number of aryl methyl sites for hydroxylation is 1. The van der Waals surface area contributed by atoms with E-state index in [-0.39, 0.29) is 5.78 Å². The molecule has 3 rings (SSSR count). The Hall–Kier alpha value is -1.77. The van der Waals surface area contributed by atoms with Crippen molar-refractivity contribution in [3.8, 4) is 0 Å². The van der Waals surface area contributed by atoms with Crippen LogP contribution in [-0.4, -0.2) is 41.8 Å². The van der Waals surface area contributed by atoms with Gasteiger partial charge in [-0.15, -0.1) is 0 Å². The van der Waals surface area contributed by atoms with Gasteiger partial charge >= 0.3 is 0 Å². The third-order valence-electron chi connectivity index (χ3n) is 4.96. The summed E-state index contributed by atoms with van der Waals surface area (Å²) in [5.74, 6) is 1.30. The minimum Gasteiger partial charge on any atom is -0.358 e. The number of piperidine rings is 2. The van der Waals surface area contributed by atoms with Crippen molar-refractivity contribution in [1.82, 2.24) is 9.80 Å². The molecule has 3 nitrogen and oxygen atoms in total. The summed E-state index contributed by atoms with van der Waals surface area (Å²) in [6.07, 6.45) is 9.48. The van der Waals surface area contributed by atoms with Crippen molar-refractivity contribution >= 4 is 5.78 Å². The molecular weight excluding hydrogens is 284 g/mol. The lowest BCUT2D eigenvalue weighted by Gasteiger charge is -2.39. The number of hydrogen-bond acceptors (Lipinski definition) is 3. The fraction of sp³-hybridized carbons (Fsp3) is 0.550. The summed E-state index contributed by atoms with van der Waals surface area (Å²) in [6, 6.07) is 7.92. The Labute approximate surface area is 140 Å². The second-order valence-electron chi connectivity index (χ2n) is 6.83. The molecule has 2 fully saturated rings. The first-order valence-corrected chi connectivity index (χ1v) is 9.06. The first-order chi connectivity index (χ1) is 11.2. The monoisotopic (exact) mass is 312 g/mol. The molecule has 0 atom stereocenters. The molecule has 0 bridgehead atoms. The molecule has 0 N–H and O–H groups in total. The Morgan fingerprint density at radius 2 is 1.30 bits per heavy atom. The SMILES string of the molecule is Cc1ccc(C(=O)C=C(N2CCCCC2)N2CCCCC2)cc1. The minimum atomic E-state index is 0.135. The highest BCUT2D eigenvalue weighted by atomic mass is 16.1. The fourth-order valence-electron chi connectivity index (χ4n) is 3.55. The number of benzene rings is 1. The van der Waals surface area contributed by atoms with Crippen molar-refractivity contribution in [3.63, 3.8) is 0 Å². The Balaban J connectivity index is 1.83. The van der Waals surface area contributed by atoms with E-state index in [4.69, 9.17) is 0 Å². The lowest BCUT2D eigenvalue weighted by molar-refractivity contribution is 0.103. The van der Waals surface area contributed by atoms with E-state index in [2.05, 4.69) is 16.7 Å². The van der Waals surface area contributed by atoms with Gasteiger partial charge in [-0.3, -0.25) is 4.79 Å². The zero-order valence-corrected chi connectivity index (χ0v) is 14.3. The molecule has 23 heavy (non-hydrogen) atoms. The number of likely N-dealkylation sites (tertiary alicyclic amines) is 2. The van der Waals surface area contributed by atoms with Gasteiger partial charge in [0.05, 0.1) is 0 Å². The van der Waals surface area contributed by atoms with Gasteiger partial charge in [0, 0.05) is 37.8 Å². The quantitative estimate of drug-likeness (QED) is 0.620. The molecule has 2 aliphatic heterocycles. The predicted octanol–water partition coefficient (Wildman–Crippen LogP) is 3.99. The van der Waals surface area contributed by atoms with Crippen LogP contribution >= 0.6 is 0 Å². The lowest BCUT2D eigenvalue weighted by atomic mass is 10.1. The fourth-order valence-corrected chi connectivity index (χ4v) is 3.55. The average molecular weight is 312 g/mol. The number of rotatable bonds is 4. The van der Waals surface area contributed by atoms with Crippen LogP contribution in [0.25, 0.3) is 0 Å². The highest BCUT2D eigenvalue weighted by Gasteiger charge is 2.22. The smallest absolute Gasteiger partial charge is 0.189 e. The van der Waals surface area contributed by atoms with Gasteiger partial charge < -0.3 is 9.80 Å². The van der Waals surface area contributed by atoms with E-state index in [1.165, 1.54) is 44.1 Å². The lowest BCUT2D eigenvalue weighted by Crippen LogP contribution is -2.41. The van der Waals surface area contributed by atoms with Gasteiger partial charge in [0.15, 0.2) is 5.78 Å². The van der Waals surface area contributed by atoms with Crippen LogP contribution in [0.3, 0.4) is 0 Å². The number of hydrogen-bond donors (Lipinski definition) is 0. The van der Waals surface area contributed by atoms with Crippen LogP contribution in [0, 0.1) is 6.92 Å². The van der Waals surface area contributed by atoms with Gasteiger partial charge in [-0.1, -0.05) is 29.8 Å². The van der Waals surface area contributed by atoms with Crippen LogP contribution in [0.2, 0.25) is 0 Å². The van der Waals surface area contributed by atoms with Crippen LogP contribution < -0.4 is 0 Å². The molecule has 0 aliphatic carbocycles. The standard InChI is InChI=1S/C20H28N2O/c1-17-8-10-18(11-9-17)19(23)16-20(21-12-4-2-5-13-21)22-14-6-3-7-15-22/h8-11,16H,2-7,12-15H2,1H3. The molecule has 1 aromatic rings. The van der Waals surface area contributed by atoms with Gasteiger partial charge in [0.1, 0.15) is 5.82 Å². The number of carbonyl (C=O) groups is 1. The zero-order chi connectivity index (χ0) is 16.1. The molecule has 2 aliphatic rings. The molecule has 0 amide bonds. The number of nitrogens with zero attached hydrogens (tertiary/aromatic N) is 2. The van der Waals surface area contributed by atoms with Crippen molar-refractivity contribution in [1.29, 1.82) is 0 Å². The van der Waals surface area contributed by atoms with E-state index < -0.39 is 0 Å². The second-order valence-corrected chi connectivity index (χ2v) is 6.83. The maximum atomic E-state index is 12.7. The predicted molar refractivity (Wildman–Crippen MR) is 94.4 cm³/mol. The summed E-state index contributed by atoms with van der Waals surface area (Å²) >= 11 is 0. The topological polar surface area (TPSA) is 23.6 Å². The largest absolute Gasteiger partial charge is 0.358 e. The van der Waals surface area contributed by atoms with Crippen molar-refractivity contribution in [2.75, 3.05) is 26.2 Å². The maximum absolute atomic E-state index is 12.7. The van der Waals surface area contributed by atoms with Gasteiger partial charge in [0.25, 0.3) is 0 Å². The molecule has 0 unspecified atom stereocenters. The Kier molecular flexibility index (Phi) is 5.37. The third kappa shape index (κ3) is 4.15. The van der Waals surface area contributed by atoms with Crippen LogP contribution in [0.1, 0.15) is 54.4 Å². The highest BCUT2D eigenvalue weighted by molar-refractivity contribution is 6.04. The van der Waals surface area contributed by atoms with E-state index >= 15 is 0 Å². The summed E-state index contributed by atoms with van der Waals surface area (Å²) < 4.78 is 0. The van der Waals surface area contributed by atoms with E-state index in [0.717, 1.165) is 37.6 Å². The van der Waals surface area contributed by atoms with Crippen LogP contribution in [-0.2, 0) is 0 Å². The summed E-state index contributed by atoms with van der Waals surface area (Å²) in [5, 5.41) is 0. The Morgan fingerprint density at radius 1 is 0.826 bits per heavy atom. The number of ketones is 1. The van der Waals surface area contributed by atoms with E-state index in [1.807, 2.05) is 30.3 Å². The van der Waals surface area contributed by atoms with E-state index in [1.54, 1.807) is 0 Å². The van der Waals surface area contributed by atoms with Crippen molar-refractivity contribution in [2.45, 2.75) is 45.4 Å². The molecule has 0 spiro atoms. The summed E-state index contributed by atoms with van der Waals surface area (Å²) in [7, 11) is 0. The van der Waals surface area contributed by atoms with Crippen LogP contribution in [0.15, 0.2) is 36.2 Å². The number of carbonyl (C=O) groups excluding carboxylic acids is 1. The average Bonchev–Trinajstić information content (AvgIpc) is 2.61. The van der Waals surface area contributed by atoms with Crippen molar-refractivity contribution < 1.29 is 4.79 Å². The van der Waals surface area contributed by atoms with Crippen LogP contribution in [0.5, 0.6) is 0 Å². The second kappa shape index (κ2) is 7.67. The Bertz CT molecular complexity index is 530. The van der Waals surface area contributed by atoms with Crippen molar-refractivity contribution in [3.05, 3.63) is 47.3 Å². The molecule has 0 saturated carbocycles.